The number of halogens is 1. The van der Waals surface area contributed by atoms with Gasteiger partial charge in [0.25, 0.3) is 0 Å². The van der Waals surface area contributed by atoms with Crippen molar-refractivity contribution >= 4 is 27.6 Å². The molecule has 0 radical (unpaired) electrons. The van der Waals surface area contributed by atoms with E-state index in [1.54, 1.807) is 7.05 Å². The number of nitrogens with zero attached hydrogens (tertiary/aromatic N) is 3. The summed E-state index contributed by atoms with van der Waals surface area (Å²) >= 11 is 3.48. The molecule has 1 aliphatic heterocycles. The fourth-order valence-corrected chi connectivity index (χ4v) is 3.19. The van der Waals surface area contributed by atoms with Crippen LogP contribution >= 0.6 is 15.9 Å². The summed E-state index contributed by atoms with van der Waals surface area (Å²) in [5.74, 6) is 2.32. The summed E-state index contributed by atoms with van der Waals surface area (Å²) in [5.41, 5.74) is 2.18. The number of aryl methyl sites for hydroxylation is 2. The first-order chi connectivity index (χ1) is 12.0. The lowest BCUT2D eigenvalue weighted by atomic mass is 10.3. The van der Waals surface area contributed by atoms with Crippen LogP contribution in [0, 0.1) is 13.8 Å². The maximum Gasteiger partial charge on any atom is 0.214 e. The maximum atomic E-state index is 5.60. The number of guanidine groups is 1. The number of hydrogen-bond donors (Lipinski definition) is 2. The summed E-state index contributed by atoms with van der Waals surface area (Å²) in [7, 11) is 1.78. The summed E-state index contributed by atoms with van der Waals surface area (Å²) < 4.78 is 6.70. The number of aliphatic imine (C=N–C) groups is 1. The standard InChI is InChI=1S/C18H24BrN5O/c1-12-13(2)25-17(22-12)10-21-18(20-3)23-15-8-9-24(11-15)16-6-4-14(19)5-7-16/h4-7,15H,8-11H2,1-3H3,(H2,20,21,23). The summed E-state index contributed by atoms with van der Waals surface area (Å²) in [4.78, 5) is 11.1. The molecule has 1 saturated heterocycles. The maximum absolute atomic E-state index is 5.60. The zero-order valence-electron chi connectivity index (χ0n) is 14.8. The van der Waals surface area contributed by atoms with Gasteiger partial charge in [-0.05, 0) is 44.5 Å². The van der Waals surface area contributed by atoms with Crippen molar-refractivity contribution in [2.75, 3.05) is 25.0 Å². The lowest BCUT2D eigenvalue weighted by Crippen LogP contribution is -2.44. The Morgan fingerprint density at radius 1 is 1.36 bits per heavy atom. The molecule has 0 saturated carbocycles. The third-order valence-corrected chi connectivity index (χ3v) is 4.95. The van der Waals surface area contributed by atoms with Gasteiger partial charge in [-0.15, -0.1) is 0 Å². The average Bonchev–Trinajstić information content (AvgIpc) is 3.19. The van der Waals surface area contributed by atoms with Crippen LogP contribution in [0.4, 0.5) is 5.69 Å². The first kappa shape index (κ1) is 17.8. The predicted octanol–water partition coefficient (Wildman–Crippen LogP) is 3.00. The van der Waals surface area contributed by atoms with E-state index in [9.17, 15) is 0 Å². The highest BCUT2D eigenvalue weighted by Crippen LogP contribution is 2.22. The minimum absolute atomic E-state index is 0.364. The van der Waals surface area contributed by atoms with Gasteiger partial charge in [-0.25, -0.2) is 4.98 Å². The summed E-state index contributed by atoms with van der Waals surface area (Å²) in [6, 6.07) is 8.82. The SMILES string of the molecule is CN=C(NCc1nc(C)c(C)o1)NC1CCN(c2ccc(Br)cc2)C1. The van der Waals surface area contributed by atoms with Crippen LogP contribution in [0.5, 0.6) is 0 Å². The Kier molecular flexibility index (Phi) is 5.63. The molecular formula is C18H24BrN5O. The molecule has 1 aromatic carbocycles. The quantitative estimate of drug-likeness (QED) is 0.604. The number of oxazole rings is 1. The molecule has 0 bridgehead atoms. The van der Waals surface area contributed by atoms with Crippen LogP contribution in [0.3, 0.4) is 0 Å². The normalized spacial score (nSPS) is 17.8. The van der Waals surface area contributed by atoms with E-state index < -0.39 is 0 Å². The Morgan fingerprint density at radius 2 is 2.12 bits per heavy atom. The van der Waals surface area contributed by atoms with Crippen LogP contribution < -0.4 is 15.5 Å². The molecule has 25 heavy (non-hydrogen) atoms. The molecule has 1 fully saturated rings. The zero-order chi connectivity index (χ0) is 17.8. The van der Waals surface area contributed by atoms with Crippen molar-refractivity contribution in [3.05, 3.63) is 46.1 Å². The number of benzene rings is 1. The second kappa shape index (κ2) is 7.91. The van der Waals surface area contributed by atoms with Gasteiger partial charge in [0.2, 0.25) is 5.89 Å². The monoisotopic (exact) mass is 405 g/mol. The van der Waals surface area contributed by atoms with Gasteiger partial charge in [0.05, 0.1) is 12.2 Å². The molecular weight excluding hydrogens is 382 g/mol. The molecule has 134 valence electrons. The van der Waals surface area contributed by atoms with Gasteiger partial charge in [0, 0.05) is 36.3 Å². The molecule has 6 nitrogen and oxygen atoms in total. The van der Waals surface area contributed by atoms with Crippen molar-refractivity contribution in [3.63, 3.8) is 0 Å². The Bertz CT molecular complexity index is 721. The molecule has 1 aromatic heterocycles. The van der Waals surface area contributed by atoms with Gasteiger partial charge in [-0.3, -0.25) is 4.99 Å². The van der Waals surface area contributed by atoms with E-state index in [1.807, 2.05) is 13.8 Å². The third kappa shape index (κ3) is 4.54. The second-order valence-corrected chi connectivity index (χ2v) is 7.14. The van der Waals surface area contributed by atoms with Crippen molar-refractivity contribution in [1.29, 1.82) is 0 Å². The van der Waals surface area contributed by atoms with Gasteiger partial charge in [-0.1, -0.05) is 15.9 Å². The van der Waals surface area contributed by atoms with E-state index >= 15 is 0 Å². The van der Waals surface area contributed by atoms with Crippen LogP contribution in [0.2, 0.25) is 0 Å². The molecule has 2 aromatic rings. The number of hydrogen-bond acceptors (Lipinski definition) is 4. The van der Waals surface area contributed by atoms with Crippen molar-refractivity contribution in [3.8, 4) is 0 Å². The smallest absolute Gasteiger partial charge is 0.214 e. The first-order valence-electron chi connectivity index (χ1n) is 8.45. The third-order valence-electron chi connectivity index (χ3n) is 4.42. The molecule has 1 aliphatic rings. The number of aromatic nitrogens is 1. The minimum atomic E-state index is 0.364. The fraction of sp³-hybridized carbons (Fsp3) is 0.444. The number of nitrogens with one attached hydrogen (secondary N) is 2. The topological polar surface area (TPSA) is 65.7 Å². The number of rotatable bonds is 4. The zero-order valence-corrected chi connectivity index (χ0v) is 16.4. The Labute approximate surface area is 156 Å². The van der Waals surface area contributed by atoms with Gasteiger partial charge < -0.3 is 20.0 Å². The van der Waals surface area contributed by atoms with Crippen LogP contribution in [0.15, 0.2) is 38.1 Å². The van der Waals surface area contributed by atoms with E-state index in [4.69, 9.17) is 4.42 Å². The molecule has 0 spiro atoms. The summed E-state index contributed by atoms with van der Waals surface area (Å²) in [5, 5.41) is 6.76. The lowest BCUT2D eigenvalue weighted by Gasteiger charge is -2.20. The molecule has 0 aliphatic carbocycles. The highest BCUT2D eigenvalue weighted by molar-refractivity contribution is 9.10. The minimum Gasteiger partial charge on any atom is -0.444 e. The van der Waals surface area contributed by atoms with Gasteiger partial charge >= 0.3 is 0 Å². The number of anilines is 1. The molecule has 2 N–H and O–H groups in total. The molecule has 3 rings (SSSR count). The molecule has 0 amide bonds. The second-order valence-electron chi connectivity index (χ2n) is 6.23. The summed E-state index contributed by atoms with van der Waals surface area (Å²) in [6.45, 7) is 6.39. The summed E-state index contributed by atoms with van der Waals surface area (Å²) in [6.07, 6.45) is 1.08. The van der Waals surface area contributed by atoms with E-state index in [-0.39, 0.29) is 0 Å². The Balaban J connectivity index is 1.51. The van der Waals surface area contributed by atoms with Gasteiger partial charge in [0.1, 0.15) is 5.76 Å². The predicted molar refractivity (Wildman–Crippen MR) is 104 cm³/mol. The van der Waals surface area contributed by atoms with E-state index in [0.717, 1.165) is 41.4 Å². The van der Waals surface area contributed by atoms with E-state index in [0.29, 0.717) is 18.5 Å². The van der Waals surface area contributed by atoms with Crippen LogP contribution in [0.25, 0.3) is 0 Å². The van der Waals surface area contributed by atoms with Crippen molar-refractivity contribution in [2.24, 2.45) is 4.99 Å². The molecule has 1 unspecified atom stereocenters. The van der Waals surface area contributed by atoms with Crippen molar-refractivity contribution in [1.82, 2.24) is 15.6 Å². The average molecular weight is 406 g/mol. The van der Waals surface area contributed by atoms with Crippen molar-refractivity contribution in [2.45, 2.75) is 32.9 Å². The van der Waals surface area contributed by atoms with Crippen LogP contribution in [0.1, 0.15) is 23.8 Å². The van der Waals surface area contributed by atoms with Gasteiger partial charge in [-0.2, -0.15) is 0 Å². The lowest BCUT2D eigenvalue weighted by molar-refractivity contribution is 0.463. The van der Waals surface area contributed by atoms with Crippen molar-refractivity contribution < 1.29 is 4.42 Å². The first-order valence-corrected chi connectivity index (χ1v) is 9.25. The van der Waals surface area contributed by atoms with E-state index in [2.05, 4.69) is 65.7 Å². The highest BCUT2D eigenvalue weighted by Gasteiger charge is 2.23. The molecule has 1 atom stereocenters. The highest BCUT2D eigenvalue weighted by atomic mass is 79.9. The Morgan fingerprint density at radius 3 is 2.76 bits per heavy atom. The Hall–Kier alpha value is -2.02. The van der Waals surface area contributed by atoms with Crippen LogP contribution in [-0.4, -0.2) is 37.1 Å². The molecule has 7 heteroatoms. The largest absolute Gasteiger partial charge is 0.444 e. The van der Waals surface area contributed by atoms with Gasteiger partial charge in [0.15, 0.2) is 5.96 Å². The van der Waals surface area contributed by atoms with E-state index in [1.165, 1.54) is 5.69 Å². The van der Waals surface area contributed by atoms with Crippen LogP contribution in [-0.2, 0) is 6.54 Å². The fourth-order valence-electron chi connectivity index (χ4n) is 2.93. The molecule has 2 heterocycles.